The number of aliphatic hydroxyl groups is 2. The summed E-state index contributed by atoms with van der Waals surface area (Å²) in [5.41, 5.74) is 0.732. The molecule has 2 unspecified atom stereocenters. The third-order valence-electron chi connectivity index (χ3n) is 5.29. The molecule has 170 valence electrons. The fraction of sp³-hybridized carbons (Fsp3) is 0.429. The molecule has 0 bridgehead atoms. The van der Waals surface area contributed by atoms with Gasteiger partial charge in [0, 0.05) is 12.4 Å². The van der Waals surface area contributed by atoms with Crippen LogP contribution in [0.25, 0.3) is 17.0 Å². The zero-order valence-corrected chi connectivity index (χ0v) is 17.7. The van der Waals surface area contributed by atoms with Crippen molar-refractivity contribution in [3.8, 4) is 11.4 Å². The van der Waals surface area contributed by atoms with Gasteiger partial charge in [0.15, 0.2) is 5.65 Å². The lowest BCUT2D eigenvalue weighted by Gasteiger charge is -2.23. The summed E-state index contributed by atoms with van der Waals surface area (Å²) in [6, 6.07) is 4.80. The predicted octanol–water partition coefficient (Wildman–Crippen LogP) is 0.802. The molecule has 1 aliphatic heterocycles. The number of pyridine rings is 1. The lowest BCUT2D eigenvalue weighted by Crippen LogP contribution is -2.42. The molecule has 1 aliphatic rings. The van der Waals surface area contributed by atoms with Crippen LogP contribution in [0.1, 0.15) is 24.2 Å². The Hall–Kier alpha value is -3.15. The predicted molar refractivity (Wildman–Crippen MR) is 114 cm³/mol. The summed E-state index contributed by atoms with van der Waals surface area (Å²) in [4.78, 5) is 21.5. The second-order valence-corrected chi connectivity index (χ2v) is 8.24. The Morgan fingerprint density at radius 1 is 1.38 bits per heavy atom. The molecule has 11 heteroatoms. The van der Waals surface area contributed by atoms with Crippen LogP contribution in [0.15, 0.2) is 36.8 Å². The van der Waals surface area contributed by atoms with Gasteiger partial charge in [-0.05, 0) is 32.0 Å². The number of anilines is 1. The van der Waals surface area contributed by atoms with E-state index in [-0.39, 0.29) is 25.3 Å². The van der Waals surface area contributed by atoms with Gasteiger partial charge in [0.25, 0.3) is 5.91 Å². The van der Waals surface area contributed by atoms with Crippen LogP contribution >= 0.6 is 0 Å². The summed E-state index contributed by atoms with van der Waals surface area (Å²) in [5, 5.41) is 29.8. The van der Waals surface area contributed by atoms with E-state index in [9.17, 15) is 19.4 Å². The van der Waals surface area contributed by atoms with Gasteiger partial charge in [0.05, 0.1) is 60.6 Å². The fourth-order valence-corrected chi connectivity index (χ4v) is 3.31. The molecule has 1 saturated heterocycles. The molecule has 1 fully saturated rings. The van der Waals surface area contributed by atoms with E-state index in [1.807, 2.05) is 0 Å². The molecule has 1 amide bonds. The van der Waals surface area contributed by atoms with E-state index < -0.39 is 29.8 Å². The number of rotatable bonds is 7. The van der Waals surface area contributed by atoms with Crippen LogP contribution in [0, 0.1) is 0 Å². The fourth-order valence-electron chi connectivity index (χ4n) is 3.31. The lowest BCUT2D eigenvalue weighted by molar-refractivity contribution is -0.00177. The number of nitrogens with zero attached hydrogens (tertiary/aromatic N) is 4. The van der Waals surface area contributed by atoms with Crippen LogP contribution in [0.5, 0.6) is 0 Å². The molecule has 0 saturated carbocycles. The van der Waals surface area contributed by atoms with Gasteiger partial charge in [0.1, 0.15) is 11.9 Å². The minimum Gasteiger partial charge on any atom is -0.388 e. The minimum absolute atomic E-state index is 0.164. The topological polar surface area (TPSA) is 134 Å². The molecule has 0 spiro atoms. The van der Waals surface area contributed by atoms with E-state index in [0.717, 1.165) is 0 Å². The number of ether oxygens (including phenoxy) is 1. The maximum Gasteiger partial charge on any atom is 0.255 e. The molecule has 3 aromatic rings. The molecule has 3 aromatic heterocycles. The number of carbonyl (C=O) groups is 1. The largest absolute Gasteiger partial charge is 0.388 e. The molecule has 32 heavy (non-hydrogen) atoms. The highest BCUT2D eigenvalue weighted by molar-refractivity contribution is 6.00. The van der Waals surface area contributed by atoms with Gasteiger partial charge >= 0.3 is 0 Å². The summed E-state index contributed by atoms with van der Waals surface area (Å²) >= 11 is 0. The number of halogens is 1. The molecular weight excluding hydrogens is 419 g/mol. The standard InChI is InChI=1S/C21H25FN6O4/c1-21(2,31)18(22)9-25-20(30)12-7-23-14(6-13(12)27-15-10-32-11-17(15)29)16-8-24-19-4-3-5-26-28(16)19/h3-8,15,17-18,29,31H,9-11H2,1-2H3,(H,23,27)(H,25,30)/t15?,17?,18-/m1/s1. The van der Waals surface area contributed by atoms with Gasteiger partial charge in [-0.1, -0.05) is 0 Å². The number of hydrogen-bond donors (Lipinski definition) is 4. The maximum atomic E-state index is 14.1. The Bertz CT molecular complexity index is 1120. The molecule has 3 atom stereocenters. The smallest absolute Gasteiger partial charge is 0.255 e. The van der Waals surface area contributed by atoms with Crippen molar-refractivity contribution in [1.29, 1.82) is 0 Å². The van der Waals surface area contributed by atoms with Gasteiger partial charge in [-0.25, -0.2) is 13.9 Å². The molecular formula is C21H25FN6O4. The van der Waals surface area contributed by atoms with Crippen molar-refractivity contribution in [2.45, 2.75) is 37.8 Å². The quantitative estimate of drug-likeness (QED) is 0.421. The van der Waals surface area contributed by atoms with Gasteiger partial charge in [0.2, 0.25) is 0 Å². The van der Waals surface area contributed by atoms with Crippen molar-refractivity contribution in [1.82, 2.24) is 24.9 Å². The van der Waals surface area contributed by atoms with Crippen molar-refractivity contribution in [2.75, 3.05) is 25.1 Å². The summed E-state index contributed by atoms with van der Waals surface area (Å²) in [7, 11) is 0. The molecule has 4 N–H and O–H groups in total. The number of imidazole rings is 1. The Labute approximate surface area is 183 Å². The highest BCUT2D eigenvalue weighted by Crippen LogP contribution is 2.26. The molecule has 0 aliphatic carbocycles. The van der Waals surface area contributed by atoms with E-state index in [1.165, 1.54) is 20.0 Å². The van der Waals surface area contributed by atoms with E-state index in [4.69, 9.17) is 4.74 Å². The zero-order chi connectivity index (χ0) is 22.9. The number of carbonyl (C=O) groups excluding carboxylic acids is 1. The van der Waals surface area contributed by atoms with E-state index in [1.54, 1.807) is 35.1 Å². The Balaban J connectivity index is 1.65. The van der Waals surface area contributed by atoms with Gasteiger partial charge < -0.3 is 25.6 Å². The maximum absolute atomic E-state index is 14.1. The van der Waals surface area contributed by atoms with Gasteiger partial charge in [-0.3, -0.25) is 9.78 Å². The third kappa shape index (κ3) is 4.54. The van der Waals surface area contributed by atoms with Crippen LogP contribution in [-0.2, 0) is 4.74 Å². The van der Waals surface area contributed by atoms with E-state index in [2.05, 4.69) is 25.7 Å². The van der Waals surface area contributed by atoms with Crippen LogP contribution in [0.3, 0.4) is 0 Å². The van der Waals surface area contributed by atoms with Crippen molar-refractivity contribution >= 4 is 17.2 Å². The number of hydrogen-bond acceptors (Lipinski definition) is 8. The number of fused-ring (bicyclic) bond motifs is 1. The first-order chi connectivity index (χ1) is 15.2. The number of aromatic nitrogens is 4. The third-order valence-corrected chi connectivity index (χ3v) is 5.29. The second kappa shape index (κ2) is 8.77. The van der Waals surface area contributed by atoms with Crippen LogP contribution in [-0.4, -0.2) is 79.4 Å². The highest BCUT2D eigenvalue weighted by Gasteiger charge is 2.29. The molecule has 0 radical (unpaired) electrons. The van der Waals surface area contributed by atoms with Gasteiger partial charge in [-0.15, -0.1) is 0 Å². The van der Waals surface area contributed by atoms with E-state index >= 15 is 0 Å². The minimum atomic E-state index is -1.65. The molecule has 0 aromatic carbocycles. The molecule has 10 nitrogen and oxygen atoms in total. The first-order valence-electron chi connectivity index (χ1n) is 10.2. The summed E-state index contributed by atoms with van der Waals surface area (Å²) in [6.45, 7) is 2.75. The zero-order valence-electron chi connectivity index (χ0n) is 17.7. The summed E-state index contributed by atoms with van der Waals surface area (Å²) in [5.74, 6) is -0.567. The number of amides is 1. The van der Waals surface area contributed by atoms with Crippen LogP contribution < -0.4 is 10.6 Å². The van der Waals surface area contributed by atoms with Crippen molar-refractivity contribution in [3.63, 3.8) is 0 Å². The summed E-state index contributed by atoms with van der Waals surface area (Å²) in [6.07, 6.45) is 2.23. The molecule has 4 heterocycles. The highest BCUT2D eigenvalue weighted by atomic mass is 19.1. The van der Waals surface area contributed by atoms with Crippen LogP contribution in [0.2, 0.25) is 0 Å². The van der Waals surface area contributed by atoms with Crippen molar-refractivity contribution in [2.24, 2.45) is 0 Å². The lowest BCUT2D eigenvalue weighted by atomic mass is 10.0. The first kappa shape index (κ1) is 22.1. The monoisotopic (exact) mass is 444 g/mol. The summed E-state index contributed by atoms with van der Waals surface area (Å²) < 4.78 is 21.0. The SMILES string of the molecule is CC(C)(O)[C@H](F)CNC(=O)c1cnc(-c2cnc3cccnn23)cc1NC1COCC1O. The second-order valence-electron chi connectivity index (χ2n) is 8.24. The Kier molecular flexibility index (Phi) is 6.04. The van der Waals surface area contributed by atoms with Gasteiger partial charge in [-0.2, -0.15) is 5.10 Å². The normalized spacial score (nSPS) is 19.8. The van der Waals surface area contributed by atoms with Crippen LogP contribution in [0.4, 0.5) is 10.1 Å². The van der Waals surface area contributed by atoms with Crippen molar-refractivity contribution in [3.05, 3.63) is 42.4 Å². The Morgan fingerprint density at radius 2 is 2.19 bits per heavy atom. The number of nitrogens with one attached hydrogen (secondary N) is 2. The Morgan fingerprint density at radius 3 is 2.91 bits per heavy atom. The van der Waals surface area contributed by atoms with Crippen molar-refractivity contribution < 1.29 is 24.1 Å². The first-order valence-corrected chi connectivity index (χ1v) is 10.2. The number of alkyl halides is 1. The number of aliphatic hydroxyl groups excluding tert-OH is 1. The average Bonchev–Trinajstić information content (AvgIpc) is 3.37. The molecule has 4 rings (SSSR count). The average molecular weight is 444 g/mol. The van der Waals surface area contributed by atoms with E-state index in [0.29, 0.717) is 22.7 Å².